The molecule has 0 radical (unpaired) electrons. The summed E-state index contributed by atoms with van der Waals surface area (Å²) in [7, 11) is 2.11. The number of aromatic nitrogens is 2. The maximum Gasteiger partial charge on any atom is 0.146 e. The molecule has 0 aromatic carbocycles. The molecule has 1 unspecified atom stereocenters. The monoisotopic (exact) mass is 278 g/mol. The Balaban J connectivity index is 2.21. The van der Waals surface area contributed by atoms with Gasteiger partial charge < -0.3 is 5.73 Å². The molecule has 2 rings (SSSR count). The number of rotatable bonds is 3. The highest BCUT2D eigenvalue weighted by molar-refractivity contribution is 7.16. The molecular weight excluding hydrogens is 256 g/mol. The Morgan fingerprint density at radius 1 is 1.37 bits per heavy atom. The Kier molecular flexibility index (Phi) is 3.78. The quantitative estimate of drug-likeness (QED) is 0.937. The summed E-state index contributed by atoms with van der Waals surface area (Å²) in [6, 6.07) is 2.41. The molecule has 2 aromatic rings. The normalized spacial score (nSPS) is 14.2. The molecule has 0 amide bonds. The Bertz CT molecular complexity index is 570. The maximum atomic E-state index is 5.98. The molecule has 2 N–H and O–H groups in total. The van der Waals surface area contributed by atoms with Gasteiger partial charge in [0, 0.05) is 6.04 Å². The number of thiophene rings is 1. The first-order chi connectivity index (χ1) is 8.79. The maximum absolute atomic E-state index is 5.98. The van der Waals surface area contributed by atoms with Crippen LogP contribution in [0.1, 0.15) is 33.5 Å². The van der Waals surface area contributed by atoms with Crippen molar-refractivity contribution < 1.29 is 0 Å². The van der Waals surface area contributed by atoms with Crippen LogP contribution in [0.4, 0.5) is 5.82 Å². The Hall–Kier alpha value is -1.20. The Morgan fingerprint density at radius 3 is 2.68 bits per heavy atom. The molecule has 2 heterocycles. The van der Waals surface area contributed by atoms with Gasteiger partial charge in [0.15, 0.2) is 0 Å². The molecule has 0 aliphatic heterocycles. The van der Waals surface area contributed by atoms with E-state index in [-0.39, 0.29) is 5.41 Å². The number of nitrogen functional groups attached to an aromatic ring is 1. The van der Waals surface area contributed by atoms with Gasteiger partial charge in [-0.15, -0.1) is 11.3 Å². The van der Waals surface area contributed by atoms with E-state index in [0.29, 0.717) is 11.9 Å². The number of nitrogens with zero attached hydrogens (tertiary/aromatic N) is 3. The first-order valence-electron chi connectivity index (χ1n) is 6.49. The molecule has 0 aliphatic carbocycles. The van der Waals surface area contributed by atoms with Crippen molar-refractivity contribution in [3.63, 3.8) is 0 Å². The Morgan fingerprint density at radius 2 is 2.05 bits per heavy atom. The van der Waals surface area contributed by atoms with Gasteiger partial charge in [-0.3, -0.25) is 4.90 Å². The van der Waals surface area contributed by atoms with Crippen LogP contribution < -0.4 is 5.73 Å². The lowest BCUT2D eigenvalue weighted by atomic mass is 9.87. The van der Waals surface area contributed by atoms with E-state index < -0.39 is 0 Å². The van der Waals surface area contributed by atoms with Crippen molar-refractivity contribution >= 4 is 27.4 Å². The lowest BCUT2D eigenvalue weighted by Gasteiger charge is -2.34. The van der Waals surface area contributed by atoms with Gasteiger partial charge in [-0.25, -0.2) is 9.97 Å². The van der Waals surface area contributed by atoms with E-state index in [4.69, 9.17) is 5.73 Å². The van der Waals surface area contributed by atoms with Gasteiger partial charge in [0.25, 0.3) is 0 Å². The van der Waals surface area contributed by atoms with Crippen molar-refractivity contribution in [3.8, 4) is 0 Å². The van der Waals surface area contributed by atoms with Gasteiger partial charge in [-0.2, -0.15) is 0 Å². The van der Waals surface area contributed by atoms with Gasteiger partial charge >= 0.3 is 0 Å². The molecule has 19 heavy (non-hydrogen) atoms. The predicted octanol–water partition coefficient (Wildman–Crippen LogP) is 3.14. The number of nitrogens with two attached hydrogens (primary N) is 1. The van der Waals surface area contributed by atoms with E-state index in [2.05, 4.69) is 49.6 Å². The van der Waals surface area contributed by atoms with E-state index in [0.717, 1.165) is 22.6 Å². The van der Waals surface area contributed by atoms with E-state index in [1.807, 2.05) is 11.4 Å². The summed E-state index contributed by atoms with van der Waals surface area (Å²) in [5.41, 5.74) is 6.21. The first-order valence-corrected chi connectivity index (χ1v) is 7.37. The minimum Gasteiger partial charge on any atom is -0.383 e. The number of anilines is 1. The minimum absolute atomic E-state index is 0.229. The second-order valence-electron chi connectivity index (χ2n) is 6.12. The highest BCUT2D eigenvalue weighted by Gasteiger charge is 2.24. The third-order valence-corrected chi connectivity index (χ3v) is 4.51. The lowest BCUT2D eigenvalue weighted by molar-refractivity contribution is 0.132. The van der Waals surface area contributed by atoms with Crippen molar-refractivity contribution in [1.82, 2.24) is 14.9 Å². The molecule has 0 saturated heterocycles. The van der Waals surface area contributed by atoms with Crippen LogP contribution in [0.5, 0.6) is 0 Å². The molecular formula is C14H22N4S. The van der Waals surface area contributed by atoms with Gasteiger partial charge in [0.1, 0.15) is 16.5 Å². The van der Waals surface area contributed by atoms with Crippen molar-refractivity contribution in [1.29, 1.82) is 0 Å². The van der Waals surface area contributed by atoms with Crippen LogP contribution in [0, 0.1) is 5.41 Å². The molecule has 2 aromatic heterocycles. The average Bonchev–Trinajstić information content (AvgIpc) is 2.75. The van der Waals surface area contributed by atoms with Crippen molar-refractivity contribution in [3.05, 3.63) is 17.3 Å². The molecule has 4 nitrogen and oxygen atoms in total. The van der Waals surface area contributed by atoms with Crippen LogP contribution in [-0.2, 0) is 6.54 Å². The summed E-state index contributed by atoms with van der Waals surface area (Å²) >= 11 is 1.61. The largest absolute Gasteiger partial charge is 0.383 e. The van der Waals surface area contributed by atoms with E-state index in [1.54, 1.807) is 11.3 Å². The molecule has 0 spiro atoms. The summed E-state index contributed by atoms with van der Waals surface area (Å²) in [5.74, 6) is 1.38. The summed E-state index contributed by atoms with van der Waals surface area (Å²) in [5, 5.41) is 2.96. The zero-order valence-corrected chi connectivity index (χ0v) is 13.1. The third kappa shape index (κ3) is 3.04. The Labute approximate surface area is 118 Å². The zero-order valence-electron chi connectivity index (χ0n) is 12.3. The third-order valence-electron chi connectivity index (χ3n) is 3.71. The molecule has 5 heteroatoms. The van der Waals surface area contributed by atoms with Gasteiger partial charge in [-0.05, 0) is 30.8 Å². The molecule has 0 saturated carbocycles. The SMILES string of the molecule is CC(N(C)Cc1nc(N)c2ccsc2n1)C(C)(C)C. The second kappa shape index (κ2) is 5.06. The first kappa shape index (κ1) is 14.2. The standard InChI is InChI=1S/C14H22N4S/c1-9(14(2,3)4)18(5)8-11-16-12(15)10-6-7-19-13(10)17-11/h6-7,9H,8H2,1-5H3,(H2,15,16,17). The smallest absolute Gasteiger partial charge is 0.146 e. The average molecular weight is 278 g/mol. The fourth-order valence-corrected chi connectivity index (χ4v) is 2.81. The van der Waals surface area contributed by atoms with Crippen LogP contribution >= 0.6 is 11.3 Å². The topological polar surface area (TPSA) is 55.0 Å². The molecule has 104 valence electrons. The van der Waals surface area contributed by atoms with Gasteiger partial charge in [-0.1, -0.05) is 20.8 Å². The van der Waals surface area contributed by atoms with Crippen LogP contribution in [0.25, 0.3) is 10.2 Å². The molecule has 1 atom stereocenters. The van der Waals surface area contributed by atoms with E-state index >= 15 is 0 Å². The van der Waals surface area contributed by atoms with Crippen molar-refractivity contribution in [2.24, 2.45) is 5.41 Å². The van der Waals surface area contributed by atoms with Crippen LogP contribution in [0.3, 0.4) is 0 Å². The van der Waals surface area contributed by atoms with Crippen LogP contribution in [0.2, 0.25) is 0 Å². The summed E-state index contributed by atoms with van der Waals surface area (Å²) in [6.45, 7) is 9.67. The van der Waals surface area contributed by atoms with E-state index in [1.165, 1.54) is 0 Å². The highest BCUT2D eigenvalue weighted by Crippen LogP contribution is 2.26. The highest BCUT2D eigenvalue weighted by atomic mass is 32.1. The molecule has 0 fully saturated rings. The van der Waals surface area contributed by atoms with Crippen LogP contribution in [-0.4, -0.2) is 28.0 Å². The fourth-order valence-electron chi connectivity index (χ4n) is 2.02. The molecule has 0 bridgehead atoms. The van der Waals surface area contributed by atoms with Gasteiger partial charge in [0.05, 0.1) is 11.9 Å². The summed E-state index contributed by atoms with van der Waals surface area (Å²) < 4.78 is 0. The lowest BCUT2D eigenvalue weighted by Crippen LogP contribution is -2.39. The number of hydrogen-bond acceptors (Lipinski definition) is 5. The predicted molar refractivity (Wildman–Crippen MR) is 82.2 cm³/mol. The number of hydrogen-bond donors (Lipinski definition) is 1. The van der Waals surface area contributed by atoms with Crippen molar-refractivity contribution in [2.75, 3.05) is 12.8 Å². The van der Waals surface area contributed by atoms with E-state index in [9.17, 15) is 0 Å². The number of fused-ring (bicyclic) bond motifs is 1. The van der Waals surface area contributed by atoms with Crippen molar-refractivity contribution in [2.45, 2.75) is 40.3 Å². The fraction of sp³-hybridized carbons (Fsp3) is 0.571. The molecule has 0 aliphatic rings. The van der Waals surface area contributed by atoms with Gasteiger partial charge in [0.2, 0.25) is 0 Å². The second-order valence-corrected chi connectivity index (χ2v) is 7.02. The summed E-state index contributed by atoms with van der Waals surface area (Å²) in [4.78, 5) is 12.2. The minimum atomic E-state index is 0.229. The zero-order chi connectivity index (χ0) is 14.2. The summed E-state index contributed by atoms with van der Waals surface area (Å²) in [6.07, 6.45) is 0. The van der Waals surface area contributed by atoms with Crippen LogP contribution in [0.15, 0.2) is 11.4 Å².